The minimum absolute atomic E-state index is 0.164. The van der Waals surface area contributed by atoms with Crippen LogP contribution in [0.2, 0.25) is 0 Å². The lowest BCUT2D eigenvalue weighted by atomic mass is 10.1. The van der Waals surface area contributed by atoms with Crippen LogP contribution in [0.3, 0.4) is 0 Å². The highest BCUT2D eigenvalue weighted by molar-refractivity contribution is 8.01. The van der Waals surface area contributed by atoms with Crippen molar-refractivity contribution in [3.8, 4) is 0 Å². The molecule has 22 heavy (non-hydrogen) atoms. The van der Waals surface area contributed by atoms with Crippen molar-refractivity contribution in [1.82, 2.24) is 9.21 Å². The van der Waals surface area contributed by atoms with Gasteiger partial charge in [-0.2, -0.15) is 12.7 Å². The van der Waals surface area contributed by atoms with Gasteiger partial charge in [0.1, 0.15) is 6.04 Å². The van der Waals surface area contributed by atoms with E-state index in [1.54, 1.807) is 4.90 Å². The molecule has 1 unspecified atom stereocenters. The quantitative estimate of drug-likeness (QED) is 0.700. The normalized spacial score (nSPS) is 19.8. The molecule has 1 rings (SSSR count). The third kappa shape index (κ3) is 5.82. The van der Waals surface area contributed by atoms with E-state index in [-0.39, 0.29) is 13.1 Å². The molecule has 8 nitrogen and oxygen atoms in total. The zero-order chi connectivity index (χ0) is 17.0. The predicted octanol–water partition coefficient (Wildman–Crippen LogP) is 0.220. The molecule has 10 heteroatoms. The van der Waals surface area contributed by atoms with E-state index >= 15 is 0 Å². The van der Waals surface area contributed by atoms with E-state index in [1.165, 1.54) is 12.5 Å². The van der Waals surface area contributed by atoms with E-state index in [9.17, 15) is 22.5 Å². The monoisotopic (exact) mass is 355 g/mol. The molecule has 1 N–H and O–H groups in total. The van der Waals surface area contributed by atoms with Crippen LogP contribution in [0.1, 0.15) is 26.2 Å². The first-order valence-corrected chi connectivity index (χ1v) is 10.9. The Labute approximate surface area is 132 Å². The van der Waals surface area contributed by atoms with Crippen molar-refractivity contribution in [2.24, 2.45) is 3.77 Å². The number of carboxylic acids is 1. The topological polar surface area (TPSA) is 107 Å². The molecule has 0 aromatic rings. The lowest BCUT2D eigenvalue weighted by Crippen LogP contribution is -2.53. The van der Waals surface area contributed by atoms with Crippen molar-refractivity contribution in [1.29, 1.82) is 0 Å². The zero-order valence-electron chi connectivity index (χ0n) is 13.3. The molecule has 1 saturated heterocycles. The Bertz CT molecular complexity index is 594. The van der Waals surface area contributed by atoms with Crippen molar-refractivity contribution in [2.75, 3.05) is 38.7 Å². The standard InChI is InChI=1S/C12H25N3O5S2/c1-4-5-6-11(12(16)17)14-7-9-15(10-8-14)22(19,20)13-21(2,3)18/h11H,4-10H2,1-3H3,(H,16,17). The second-order valence-electron chi connectivity index (χ2n) is 5.66. The van der Waals surface area contributed by atoms with Crippen LogP contribution < -0.4 is 0 Å². The van der Waals surface area contributed by atoms with Gasteiger partial charge in [0.15, 0.2) is 0 Å². The summed E-state index contributed by atoms with van der Waals surface area (Å²) in [6.45, 7) is 3.00. The fraction of sp³-hybridized carbons (Fsp3) is 0.917. The lowest BCUT2D eigenvalue weighted by Gasteiger charge is -2.36. The van der Waals surface area contributed by atoms with Crippen LogP contribution in [0.25, 0.3) is 0 Å². The number of unbranched alkanes of at least 4 members (excludes halogenated alkanes) is 1. The van der Waals surface area contributed by atoms with Crippen LogP contribution in [0, 0.1) is 0 Å². The highest BCUT2D eigenvalue weighted by Gasteiger charge is 2.32. The highest BCUT2D eigenvalue weighted by Crippen LogP contribution is 2.16. The second-order valence-corrected chi connectivity index (χ2v) is 10.0. The summed E-state index contributed by atoms with van der Waals surface area (Å²) in [7, 11) is -6.67. The van der Waals surface area contributed by atoms with Gasteiger partial charge in [-0.25, -0.2) is 4.21 Å². The summed E-state index contributed by atoms with van der Waals surface area (Å²) < 4.78 is 40.2. The Kier molecular flexibility index (Phi) is 6.78. The summed E-state index contributed by atoms with van der Waals surface area (Å²) >= 11 is 0. The van der Waals surface area contributed by atoms with Crippen LogP contribution in [0.15, 0.2) is 3.77 Å². The smallest absolute Gasteiger partial charge is 0.330 e. The highest BCUT2D eigenvalue weighted by atomic mass is 32.3. The summed E-state index contributed by atoms with van der Waals surface area (Å²) in [6.07, 6.45) is 4.83. The van der Waals surface area contributed by atoms with Crippen molar-refractivity contribution in [2.45, 2.75) is 32.2 Å². The number of nitrogens with zero attached hydrogens (tertiary/aromatic N) is 3. The first-order chi connectivity index (χ1) is 10.1. The summed E-state index contributed by atoms with van der Waals surface area (Å²) in [4.78, 5) is 13.1. The molecule has 1 aliphatic rings. The van der Waals surface area contributed by atoms with Gasteiger partial charge in [0, 0.05) is 38.7 Å². The molecular formula is C12H25N3O5S2. The minimum atomic E-state index is -3.92. The Morgan fingerprint density at radius 2 is 1.73 bits per heavy atom. The van der Waals surface area contributed by atoms with E-state index in [2.05, 4.69) is 3.77 Å². The predicted molar refractivity (Wildman–Crippen MR) is 85.4 cm³/mol. The van der Waals surface area contributed by atoms with E-state index in [4.69, 9.17) is 0 Å². The molecule has 0 bridgehead atoms. The van der Waals surface area contributed by atoms with Crippen LogP contribution in [0.4, 0.5) is 0 Å². The number of hydrogen-bond acceptors (Lipinski definition) is 5. The van der Waals surface area contributed by atoms with E-state index in [1.807, 2.05) is 6.92 Å². The summed E-state index contributed by atoms with van der Waals surface area (Å²) in [5, 5.41) is 9.30. The summed E-state index contributed by atoms with van der Waals surface area (Å²) in [6, 6.07) is -0.580. The number of carboxylic acid groups (broad SMARTS) is 1. The van der Waals surface area contributed by atoms with E-state index in [0.717, 1.165) is 17.1 Å². The van der Waals surface area contributed by atoms with Crippen molar-refractivity contribution in [3.05, 3.63) is 0 Å². The van der Waals surface area contributed by atoms with Gasteiger partial charge < -0.3 is 5.11 Å². The summed E-state index contributed by atoms with van der Waals surface area (Å²) in [5.74, 6) is -0.875. The van der Waals surface area contributed by atoms with Crippen LogP contribution in [0.5, 0.6) is 0 Å². The molecule has 0 aromatic heterocycles. The first-order valence-electron chi connectivity index (χ1n) is 7.22. The molecule has 1 heterocycles. The molecule has 1 fully saturated rings. The molecule has 0 spiro atoms. The average Bonchev–Trinajstić information content (AvgIpc) is 2.36. The number of piperazine rings is 1. The van der Waals surface area contributed by atoms with Gasteiger partial charge in [0.2, 0.25) is 0 Å². The number of aliphatic carboxylic acids is 1. The SMILES string of the molecule is CCCCC(C(=O)O)N1CCN(S(=O)(=O)N=S(C)(C)=O)CC1. The van der Waals surface area contributed by atoms with Crippen molar-refractivity contribution in [3.63, 3.8) is 0 Å². The number of hydrogen-bond donors (Lipinski definition) is 1. The fourth-order valence-corrected chi connectivity index (χ4v) is 5.20. The Balaban J connectivity index is 2.74. The number of carbonyl (C=O) groups is 1. The fourth-order valence-electron chi connectivity index (χ4n) is 2.38. The van der Waals surface area contributed by atoms with Gasteiger partial charge >= 0.3 is 16.2 Å². The molecule has 0 amide bonds. The second kappa shape index (κ2) is 7.71. The van der Waals surface area contributed by atoms with Crippen molar-refractivity contribution < 1.29 is 22.5 Å². The maximum atomic E-state index is 12.0. The molecule has 0 aromatic carbocycles. The minimum Gasteiger partial charge on any atom is -0.480 e. The lowest BCUT2D eigenvalue weighted by molar-refractivity contribution is -0.144. The van der Waals surface area contributed by atoms with Gasteiger partial charge in [-0.05, 0) is 6.42 Å². The average molecular weight is 355 g/mol. The maximum Gasteiger partial charge on any atom is 0.330 e. The third-order valence-electron chi connectivity index (χ3n) is 3.43. The Morgan fingerprint density at radius 3 is 2.14 bits per heavy atom. The van der Waals surface area contributed by atoms with Gasteiger partial charge in [-0.1, -0.05) is 23.5 Å². The van der Waals surface area contributed by atoms with Crippen molar-refractivity contribution >= 4 is 25.9 Å². The van der Waals surface area contributed by atoms with Gasteiger partial charge in [0.25, 0.3) is 0 Å². The van der Waals surface area contributed by atoms with E-state index < -0.39 is 31.9 Å². The zero-order valence-corrected chi connectivity index (χ0v) is 14.9. The van der Waals surface area contributed by atoms with E-state index in [0.29, 0.717) is 19.5 Å². The largest absolute Gasteiger partial charge is 0.480 e. The van der Waals surface area contributed by atoms with Gasteiger partial charge in [-0.3, -0.25) is 9.69 Å². The Morgan fingerprint density at radius 1 is 1.18 bits per heavy atom. The molecule has 0 aliphatic carbocycles. The van der Waals surface area contributed by atoms with Gasteiger partial charge in [-0.15, -0.1) is 0 Å². The number of rotatable bonds is 7. The molecule has 0 radical (unpaired) electrons. The molecule has 1 aliphatic heterocycles. The summed E-state index contributed by atoms with van der Waals surface area (Å²) in [5.41, 5.74) is 0. The first kappa shape index (κ1) is 19.3. The molecule has 130 valence electrons. The van der Waals surface area contributed by atoms with Crippen LogP contribution in [-0.4, -0.2) is 77.6 Å². The van der Waals surface area contributed by atoms with Crippen LogP contribution in [-0.2, 0) is 24.7 Å². The Hall–Kier alpha value is -0.710. The van der Waals surface area contributed by atoms with Crippen LogP contribution >= 0.6 is 0 Å². The maximum absolute atomic E-state index is 12.0. The molecule has 0 saturated carbocycles. The molecule has 1 atom stereocenters. The third-order valence-corrected chi connectivity index (χ3v) is 6.64. The molecular weight excluding hydrogens is 330 g/mol. The van der Waals surface area contributed by atoms with Gasteiger partial charge in [0.05, 0.1) is 9.73 Å².